The van der Waals surface area contributed by atoms with Gasteiger partial charge in [0.1, 0.15) is 5.01 Å². The highest BCUT2D eigenvalue weighted by Gasteiger charge is 2.21. The predicted octanol–water partition coefficient (Wildman–Crippen LogP) is 3.90. The maximum Gasteiger partial charge on any atom is 0.356 e. The fourth-order valence-electron chi connectivity index (χ4n) is 2.40. The monoisotopic (exact) mass is 325 g/mol. The van der Waals surface area contributed by atoms with Crippen LogP contribution in [0.3, 0.4) is 0 Å². The third kappa shape index (κ3) is 2.43. The SMILES string of the molecule is O=C(O)c1nc(-c2ccc3c(c2)OCO3)sc1-c1ccccc1. The van der Waals surface area contributed by atoms with Gasteiger partial charge in [-0.2, -0.15) is 0 Å². The zero-order chi connectivity index (χ0) is 15.8. The van der Waals surface area contributed by atoms with Gasteiger partial charge in [0.25, 0.3) is 0 Å². The summed E-state index contributed by atoms with van der Waals surface area (Å²) < 4.78 is 10.7. The average Bonchev–Trinajstić information content (AvgIpc) is 3.22. The molecule has 0 fully saturated rings. The van der Waals surface area contributed by atoms with Crippen molar-refractivity contribution < 1.29 is 19.4 Å². The van der Waals surface area contributed by atoms with Gasteiger partial charge in [-0.15, -0.1) is 11.3 Å². The van der Waals surface area contributed by atoms with E-state index in [1.807, 2.05) is 48.5 Å². The molecule has 1 aliphatic rings. The molecule has 23 heavy (non-hydrogen) atoms. The quantitative estimate of drug-likeness (QED) is 0.791. The van der Waals surface area contributed by atoms with E-state index < -0.39 is 5.97 Å². The number of benzene rings is 2. The molecule has 0 amide bonds. The summed E-state index contributed by atoms with van der Waals surface area (Å²) in [6.45, 7) is 0.201. The summed E-state index contributed by atoms with van der Waals surface area (Å²) >= 11 is 1.35. The highest BCUT2D eigenvalue weighted by Crippen LogP contribution is 2.40. The highest BCUT2D eigenvalue weighted by molar-refractivity contribution is 7.18. The summed E-state index contributed by atoms with van der Waals surface area (Å²) in [4.78, 5) is 16.5. The van der Waals surface area contributed by atoms with Crippen LogP contribution in [0.5, 0.6) is 11.5 Å². The lowest BCUT2D eigenvalue weighted by Gasteiger charge is -1.99. The van der Waals surface area contributed by atoms with Crippen LogP contribution in [0.1, 0.15) is 10.5 Å². The Morgan fingerprint density at radius 3 is 2.61 bits per heavy atom. The first-order valence-electron chi connectivity index (χ1n) is 6.92. The number of fused-ring (bicyclic) bond motifs is 1. The van der Waals surface area contributed by atoms with Gasteiger partial charge in [0.15, 0.2) is 17.2 Å². The van der Waals surface area contributed by atoms with Crippen LogP contribution >= 0.6 is 11.3 Å². The van der Waals surface area contributed by atoms with Crippen molar-refractivity contribution in [2.75, 3.05) is 6.79 Å². The molecule has 0 bridgehead atoms. The molecule has 0 spiro atoms. The van der Waals surface area contributed by atoms with Crippen molar-refractivity contribution in [2.24, 2.45) is 0 Å². The Balaban J connectivity index is 1.83. The van der Waals surface area contributed by atoms with Crippen molar-refractivity contribution in [3.8, 4) is 32.5 Å². The molecule has 2 aromatic carbocycles. The van der Waals surface area contributed by atoms with Gasteiger partial charge in [0.2, 0.25) is 6.79 Å². The smallest absolute Gasteiger partial charge is 0.356 e. The molecule has 0 saturated carbocycles. The van der Waals surface area contributed by atoms with Crippen LogP contribution in [0.15, 0.2) is 48.5 Å². The van der Waals surface area contributed by atoms with Gasteiger partial charge in [-0.25, -0.2) is 9.78 Å². The zero-order valence-corrected chi connectivity index (χ0v) is 12.7. The molecule has 5 nitrogen and oxygen atoms in total. The minimum absolute atomic E-state index is 0.0638. The molecule has 6 heteroatoms. The van der Waals surface area contributed by atoms with Gasteiger partial charge in [0.05, 0.1) is 4.88 Å². The van der Waals surface area contributed by atoms with E-state index in [1.54, 1.807) is 0 Å². The number of carbonyl (C=O) groups is 1. The summed E-state index contributed by atoms with van der Waals surface area (Å²) in [7, 11) is 0. The first kappa shape index (κ1) is 13.8. The third-order valence-electron chi connectivity index (χ3n) is 3.49. The van der Waals surface area contributed by atoms with Gasteiger partial charge < -0.3 is 14.6 Å². The molecule has 1 aliphatic heterocycles. The van der Waals surface area contributed by atoms with Gasteiger partial charge in [-0.3, -0.25) is 0 Å². The fraction of sp³-hybridized carbons (Fsp3) is 0.0588. The normalized spacial score (nSPS) is 12.3. The van der Waals surface area contributed by atoms with Gasteiger partial charge in [-0.05, 0) is 23.8 Å². The van der Waals surface area contributed by atoms with Crippen LogP contribution in [-0.2, 0) is 0 Å². The molecule has 1 aromatic heterocycles. The van der Waals surface area contributed by atoms with Crippen LogP contribution in [0.2, 0.25) is 0 Å². The lowest BCUT2D eigenvalue weighted by atomic mass is 10.1. The fourth-order valence-corrected chi connectivity index (χ4v) is 3.46. The third-order valence-corrected chi connectivity index (χ3v) is 4.64. The molecule has 0 unspecified atom stereocenters. The minimum Gasteiger partial charge on any atom is -0.476 e. The van der Waals surface area contributed by atoms with Crippen molar-refractivity contribution in [1.29, 1.82) is 0 Å². The maximum atomic E-state index is 11.5. The standard InChI is InChI=1S/C17H11NO4S/c19-17(20)14-15(10-4-2-1-3-5-10)23-16(18-14)11-6-7-12-13(8-11)22-9-21-12/h1-8H,9H2,(H,19,20). The summed E-state index contributed by atoms with van der Waals surface area (Å²) in [5.41, 5.74) is 1.71. The molecular formula is C17H11NO4S. The van der Waals surface area contributed by atoms with Crippen LogP contribution in [0.25, 0.3) is 21.0 Å². The van der Waals surface area contributed by atoms with Crippen molar-refractivity contribution in [3.05, 3.63) is 54.2 Å². The number of hydrogen-bond donors (Lipinski definition) is 1. The number of hydrogen-bond acceptors (Lipinski definition) is 5. The van der Waals surface area contributed by atoms with Crippen LogP contribution in [0, 0.1) is 0 Å². The Morgan fingerprint density at radius 2 is 1.83 bits per heavy atom. The molecule has 4 rings (SSSR count). The number of rotatable bonds is 3. The summed E-state index contributed by atoms with van der Waals surface area (Å²) in [5.74, 6) is 0.301. The predicted molar refractivity (Wildman–Crippen MR) is 86.1 cm³/mol. The van der Waals surface area contributed by atoms with Gasteiger partial charge >= 0.3 is 5.97 Å². The Kier molecular flexibility index (Phi) is 3.24. The van der Waals surface area contributed by atoms with Crippen molar-refractivity contribution in [3.63, 3.8) is 0 Å². The lowest BCUT2D eigenvalue weighted by molar-refractivity contribution is 0.0692. The number of carboxylic acid groups (broad SMARTS) is 1. The van der Waals surface area contributed by atoms with E-state index in [2.05, 4.69) is 4.98 Å². The first-order chi connectivity index (χ1) is 11.2. The van der Waals surface area contributed by atoms with Crippen molar-refractivity contribution in [2.45, 2.75) is 0 Å². The molecule has 3 aromatic rings. The second-order valence-corrected chi connectivity index (χ2v) is 5.94. The van der Waals surface area contributed by atoms with E-state index in [0.717, 1.165) is 11.1 Å². The van der Waals surface area contributed by atoms with Crippen LogP contribution in [0.4, 0.5) is 0 Å². The van der Waals surface area contributed by atoms with E-state index in [9.17, 15) is 9.90 Å². The first-order valence-corrected chi connectivity index (χ1v) is 7.73. The summed E-state index contributed by atoms with van der Waals surface area (Å²) in [5, 5.41) is 10.1. The van der Waals surface area contributed by atoms with E-state index >= 15 is 0 Å². The number of aromatic carboxylic acids is 1. The number of thiazole rings is 1. The minimum atomic E-state index is -1.04. The van der Waals surface area contributed by atoms with E-state index in [4.69, 9.17) is 9.47 Å². The molecule has 114 valence electrons. The second-order valence-electron chi connectivity index (χ2n) is 4.94. The van der Waals surface area contributed by atoms with Crippen LogP contribution < -0.4 is 9.47 Å². The molecule has 0 saturated heterocycles. The Hall–Kier alpha value is -2.86. The molecular weight excluding hydrogens is 314 g/mol. The lowest BCUT2D eigenvalue weighted by Crippen LogP contribution is -1.98. The van der Waals surface area contributed by atoms with E-state index in [0.29, 0.717) is 21.4 Å². The zero-order valence-electron chi connectivity index (χ0n) is 11.9. The largest absolute Gasteiger partial charge is 0.476 e. The second kappa shape index (κ2) is 5.40. The van der Waals surface area contributed by atoms with Crippen molar-refractivity contribution >= 4 is 17.3 Å². The number of ether oxygens (including phenoxy) is 2. The van der Waals surface area contributed by atoms with Gasteiger partial charge in [-0.1, -0.05) is 30.3 Å². The van der Waals surface area contributed by atoms with Crippen molar-refractivity contribution in [1.82, 2.24) is 4.98 Å². The molecule has 2 heterocycles. The van der Waals surface area contributed by atoms with Crippen LogP contribution in [-0.4, -0.2) is 22.9 Å². The number of aromatic nitrogens is 1. The molecule has 1 N–H and O–H groups in total. The average molecular weight is 325 g/mol. The molecule has 0 aliphatic carbocycles. The topological polar surface area (TPSA) is 68.7 Å². The highest BCUT2D eigenvalue weighted by atomic mass is 32.1. The van der Waals surface area contributed by atoms with E-state index in [1.165, 1.54) is 11.3 Å². The van der Waals surface area contributed by atoms with E-state index in [-0.39, 0.29) is 12.5 Å². The molecule has 0 atom stereocenters. The number of carboxylic acids is 1. The van der Waals surface area contributed by atoms with Gasteiger partial charge in [0, 0.05) is 5.56 Å². The Labute approximate surface area is 135 Å². The summed E-state index contributed by atoms with van der Waals surface area (Å²) in [6.07, 6.45) is 0. The Morgan fingerprint density at radius 1 is 1.04 bits per heavy atom. The summed E-state index contributed by atoms with van der Waals surface area (Å²) in [6, 6.07) is 14.9. The maximum absolute atomic E-state index is 11.5. The Bertz CT molecular complexity index is 889. The molecule has 0 radical (unpaired) electrons. The number of nitrogens with zero attached hydrogens (tertiary/aromatic N) is 1.